The Morgan fingerprint density at radius 1 is 0.927 bits per heavy atom. The predicted octanol–water partition coefficient (Wildman–Crippen LogP) is 7.93. The number of hydrogen-bond donors (Lipinski definition) is 2. The van der Waals surface area contributed by atoms with Crippen molar-refractivity contribution in [2.45, 2.75) is 154 Å². The molecule has 3 atom stereocenters. The van der Waals surface area contributed by atoms with E-state index in [4.69, 9.17) is 11.1 Å². The molecule has 4 rings (SSSR count). The molecular weight excluding hydrogens is 504 g/mol. The first-order valence-electron chi connectivity index (χ1n) is 17.8. The molecule has 4 aliphatic rings. The molecule has 6 nitrogen and oxygen atoms in total. The Bertz CT molecular complexity index is 848. The third-order valence-electron chi connectivity index (χ3n) is 11.2. The molecule has 3 fully saturated rings. The molecule has 0 aromatic carbocycles. The molecule has 2 aliphatic heterocycles. The third-order valence-corrected chi connectivity index (χ3v) is 11.2. The fraction of sp³-hybridized carbons (Fsp3) is 0.886. The molecule has 2 heterocycles. The summed E-state index contributed by atoms with van der Waals surface area (Å²) < 4.78 is 0. The largest absolute Gasteiger partial charge is 0.370 e. The molecule has 0 spiro atoms. The van der Waals surface area contributed by atoms with E-state index in [2.05, 4.69) is 40.1 Å². The average molecular weight is 569 g/mol. The van der Waals surface area contributed by atoms with Crippen molar-refractivity contribution in [3.8, 4) is 0 Å². The maximum Gasteiger partial charge on any atom is 0.194 e. The van der Waals surface area contributed by atoms with Gasteiger partial charge in [0.25, 0.3) is 0 Å². The summed E-state index contributed by atoms with van der Waals surface area (Å²) in [5, 5.41) is 9.09. The van der Waals surface area contributed by atoms with Crippen molar-refractivity contribution in [1.82, 2.24) is 14.7 Å². The van der Waals surface area contributed by atoms with Crippen molar-refractivity contribution < 1.29 is 0 Å². The van der Waals surface area contributed by atoms with Crippen LogP contribution in [0.25, 0.3) is 0 Å². The van der Waals surface area contributed by atoms with Crippen molar-refractivity contribution in [2.75, 3.05) is 32.7 Å². The van der Waals surface area contributed by atoms with Gasteiger partial charge in [0.05, 0.1) is 12.6 Å². The van der Waals surface area contributed by atoms with Crippen molar-refractivity contribution in [2.24, 2.45) is 22.1 Å². The van der Waals surface area contributed by atoms with E-state index in [1.807, 2.05) is 0 Å². The van der Waals surface area contributed by atoms with E-state index in [1.165, 1.54) is 121 Å². The second-order valence-corrected chi connectivity index (χ2v) is 14.2. The number of unbranched alkanes of at least 4 members (excludes halogenated alkanes) is 5. The first kappa shape index (κ1) is 32.2. The first-order chi connectivity index (χ1) is 19.9. The van der Waals surface area contributed by atoms with Crippen LogP contribution in [0, 0.1) is 16.7 Å². The zero-order valence-electron chi connectivity index (χ0n) is 27.0. The van der Waals surface area contributed by atoms with Gasteiger partial charge in [-0.05, 0) is 75.5 Å². The predicted molar refractivity (Wildman–Crippen MR) is 176 cm³/mol. The van der Waals surface area contributed by atoms with Crippen LogP contribution in [0.2, 0.25) is 0 Å². The minimum atomic E-state index is 0.412. The number of nitrogens with one attached hydrogen (secondary N) is 1. The molecule has 1 unspecified atom stereocenters. The van der Waals surface area contributed by atoms with Crippen LogP contribution in [-0.4, -0.2) is 71.4 Å². The van der Waals surface area contributed by atoms with Crippen molar-refractivity contribution in [3.63, 3.8) is 0 Å². The summed E-state index contributed by atoms with van der Waals surface area (Å²) in [6.45, 7) is 14.0. The highest BCUT2D eigenvalue weighted by Gasteiger charge is 2.36. The van der Waals surface area contributed by atoms with Crippen LogP contribution in [0.5, 0.6) is 0 Å². The highest BCUT2D eigenvalue weighted by molar-refractivity contribution is 5.80. The highest BCUT2D eigenvalue weighted by Crippen LogP contribution is 2.44. The normalized spacial score (nSPS) is 27.8. The van der Waals surface area contributed by atoms with E-state index in [0.717, 1.165) is 63.4 Å². The zero-order chi connectivity index (χ0) is 29.1. The van der Waals surface area contributed by atoms with Crippen LogP contribution in [0.1, 0.15) is 142 Å². The third kappa shape index (κ3) is 9.13. The van der Waals surface area contributed by atoms with Gasteiger partial charge in [-0.2, -0.15) is 0 Å². The van der Waals surface area contributed by atoms with Gasteiger partial charge in [-0.15, -0.1) is 0 Å². The van der Waals surface area contributed by atoms with Crippen molar-refractivity contribution in [1.29, 1.82) is 5.41 Å². The summed E-state index contributed by atoms with van der Waals surface area (Å²) >= 11 is 0. The van der Waals surface area contributed by atoms with E-state index in [0.29, 0.717) is 17.5 Å². The Labute approximate surface area is 253 Å². The number of rotatable bonds is 17. The van der Waals surface area contributed by atoms with Crippen molar-refractivity contribution >= 4 is 11.9 Å². The minimum Gasteiger partial charge on any atom is -0.370 e. The summed E-state index contributed by atoms with van der Waals surface area (Å²) in [7, 11) is 0. The molecule has 6 heteroatoms. The Kier molecular flexibility index (Phi) is 12.7. The monoisotopic (exact) mass is 569 g/mol. The van der Waals surface area contributed by atoms with Crippen LogP contribution in [-0.2, 0) is 0 Å². The van der Waals surface area contributed by atoms with Crippen LogP contribution >= 0.6 is 0 Å². The number of guanidine groups is 2. The van der Waals surface area contributed by atoms with Gasteiger partial charge in [-0.3, -0.25) is 10.4 Å². The van der Waals surface area contributed by atoms with Gasteiger partial charge >= 0.3 is 0 Å². The Balaban J connectivity index is 1.23. The van der Waals surface area contributed by atoms with Gasteiger partial charge in [0.15, 0.2) is 11.9 Å². The SMILES string of the molecule is C=C1CCCC(CC)(CCN2C(N)=NC[C@@H]2CCCCN2C[C@H](CC3CCCCC3)N(CCCCCCC)C2=N)C1. The van der Waals surface area contributed by atoms with Crippen LogP contribution < -0.4 is 5.73 Å². The zero-order valence-corrected chi connectivity index (χ0v) is 27.0. The van der Waals surface area contributed by atoms with Gasteiger partial charge in [0.2, 0.25) is 0 Å². The number of nitrogens with two attached hydrogens (primary N) is 1. The Morgan fingerprint density at radius 2 is 1.71 bits per heavy atom. The average Bonchev–Trinajstić information content (AvgIpc) is 3.48. The van der Waals surface area contributed by atoms with Gasteiger partial charge < -0.3 is 20.4 Å². The molecule has 41 heavy (non-hydrogen) atoms. The molecule has 0 bridgehead atoms. The number of allylic oxidation sites excluding steroid dienone is 1. The van der Waals surface area contributed by atoms with Crippen LogP contribution in [0.15, 0.2) is 17.1 Å². The second-order valence-electron chi connectivity index (χ2n) is 14.2. The first-order valence-corrected chi connectivity index (χ1v) is 17.8. The number of aliphatic imine (C=N–C) groups is 1. The van der Waals surface area contributed by atoms with Gasteiger partial charge in [-0.25, -0.2) is 0 Å². The van der Waals surface area contributed by atoms with E-state index in [-0.39, 0.29) is 0 Å². The standard InChI is InChI=1S/C35H64N6/c1-4-6-7-8-13-23-41-32(25-30-17-10-9-11-18-30)28-39(34(41)37)22-14-12-19-31-27-38-33(36)40(31)24-21-35(5-2)20-15-16-29(3)26-35/h30-32,37H,3-28H2,1-2H3,(H2,36,38)/t31-,32-,35?/m0/s1. The van der Waals surface area contributed by atoms with Crippen LogP contribution in [0.3, 0.4) is 0 Å². The molecule has 2 aliphatic carbocycles. The molecular formula is C35H64N6. The summed E-state index contributed by atoms with van der Waals surface area (Å²) in [4.78, 5) is 12.0. The smallest absolute Gasteiger partial charge is 0.194 e. The second kappa shape index (κ2) is 16.2. The Hall–Kier alpha value is -1.72. The van der Waals surface area contributed by atoms with Gasteiger partial charge in [0.1, 0.15) is 0 Å². The van der Waals surface area contributed by atoms with Gasteiger partial charge in [-0.1, -0.05) is 90.2 Å². The molecule has 0 radical (unpaired) electrons. The topological polar surface area (TPSA) is 72.0 Å². The lowest BCUT2D eigenvalue weighted by Crippen LogP contribution is -2.43. The molecule has 2 saturated carbocycles. The lowest BCUT2D eigenvalue weighted by Gasteiger charge is -2.39. The molecule has 3 N–H and O–H groups in total. The molecule has 0 aromatic rings. The molecule has 0 aromatic heterocycles. The summed E-state index contributed by atoms with van der Waals surface area (Å²) in [5.74, 6) is 2.45. The van der Waals surface area contributed by atoms with Crippen molar-refractivity contribution in [3.05, 3.63) is 12.2 Å². The summed E-state index contributed by atoms with van der Waals surface area (Å²) in [6, 6.07) is 1.00. The van der Waals surface area contributed by atoms with E-state index in [9.17, 15) is 0 Å². The maximum absolute atomic E-state index is 9.09. The molecule has 0 amide bonds. The quantitative estimate of drug-likeness (QED) is 0.138. The maximum atomic E-state index is 9.09. The lowest BCUT2D eigenvalue weighted by atomic mass is 9.68. The molecule has 1 saturated heterocycles. The van der Waals surface area contributed by atoms with Crippen LogP contribution in [0.4, 0.5) is 0 Å². The molecule has 234 valence electrons. The number of nitrogens with zero attached hydrogens (tertiary/aromatic N) is 4. The fourth-order valence-electron chi connectivity index (χ4n) is 8.45. The van der Waals surface area contributed by atoms with Gasteiger partial charge in [0, 0.05) is 32.2 Å². The Morgan fingerprint density at radius 3 is 2.46 bits per heavy atom. The summed E-state index contributed by atoms with van der Waals surface area (Å²) in [5.41, 5.74) is 8.27. The number of hydrogen-bond acceptors (Lipinski definition) is 4. The van der Waals surface area contributed by atoms with E-state index in [1.54, 1.807) is 0 Å². The lowest BCUT2D eigenvalue weighted by molar-refractivity contribution is 0.169. The minimum absolute atomic E-state index is 0.412. The van der Waals surface area contributed by atoms with E-state index >= 15 is 0 Å². The highest BCUT2D eigenvalue weighted by atomic mass is 15.4. The van der Waals surface area contributed by atoms with E-state index < -0.39 is 0 Å². The fourth-order valence-corrected chi connectivity index (χ4v) is 8.45. The summed E-state index contributed by atoms with van der Waals surface area (Å²) in [6.07, 6.45) is 25.9.